The number of rotatable bonds is 7. The fraction of sp³-hybridized carbons (Fsp3) is 0.263. The van der Waals surface area contributed by atoms with E-state index in [1.807, 2.05) is 48.8 Å². The quantitative estimate of drug-likeness (QED) is 0.715. The van der Waals surface area contributed by atoms with E-state index in [-0.39, 0.29) is 0 Å². The average Bonchev–Trinajstić information content (AvgIpc) is 3.12. The third kappa shape index (κ3) is 4.71. The van der Waals surface area contributed by atoms with Crippen LogP contribution in [0, 0.1) is 6.92 Å². The van der Waals surface area contributed by atoms with Crippen molar-refractivity contribution >= 4 is 11.3 Å². The summed E-state index contributed by atoms with van der Waals surface area (Å²) in [5, 5.41) is 12.5. The van der Waals surface area contributed by atoms with E-state index in [0.29, 0.717) is 13.1 Å². The summed E-state index contributed by atoms with van der Waals surface area (Å²) in [5.74, 6) is 0. The molecule has 0 aliphatic heterocycles. The summed E-state index contributed by atoms with van der Waals surface area (Å²) in [6.07, 6.45) is 3.10. The third-order valence-corrected chi connectivity index (χ3v) is 4.75. The summed E-state index contributed by atoms with van der Waals surface area (Å²) < 4.78 is 0. The molecular weight excluding hydrogens is 318 g/mol. The lowest BCUT2D eigenvalue weighted by Gasteiger charge is -2.24. The Morgan fingerprint density at radius 1 is 1.04 bits per heavy atom. The monoisotopic (exact) mass is 339 g/mol. The van der Waals surface area contributed by atoms with Crippen molar-refractivity contribution in [3.8, 4) is 0 Å². The molecule has 24 heavy (non-hydrogen) atoms. The van der Waals surface area contributed by atoms with Crippen LogP contribution in [0.15, 0.2) is 60.2 Å². The van der Waals surface area contributed by atoms with Gasteiger partial charge < -0.3 is 5.11 Å². The Hall–Kier alpha value is -2.08. The molecule has 0 fully saturated rings. The largest absolute Gasteiger partial charge is 0.386 e. The zero-order valence-electron chi connectivity index (χ0n) is 13.7. The first kappa shape index (κ1) is 16.8. The Morgan fingerprint density at radius 2 is 1.88 bits per heavy atom. The summed E-state index contributed by atoms with van der Waals surface area (Å²) in [4.78, 5) is 12.0. The lowest BCUT2D eigenvalue weighted by Crippen LogP contribution is -2.28. The average molecular weight is 339 g/mol. The highest BCUT2D eigenvalue weighted by atomic mass is 32.1. The standard InChI is InChI=1S/C19H21N3OS/c1-15-10-21-17(11-20-15)13-22(12-16-6-3-2-4-7-16)14-18(23)19-8-5-9-24-19/h2-11,18,23H,12-14H2,1H3/t18-/m0/s1. The topological polar surface area (TPSA) is 49.2 Å². The number of benzene rings is 1. The van der Waals surface area contributed by atoms with Gasteiger partial charge in [0.25, 0.3) is 0 Å². The molecule has 0 amide bonds. The van der Waals surface area contributed by atoms with E-state index < -0.39 is 6.10 Å². The molecule has 1 atom stereocenters. The summed E-state index contributed by atoms with van der Waals surface area (Å²) in [6, 6.07) is 14.2. The summed E-state index contributed by atoms with van der Waals surface area (Å²) in [6.45, 7) is 3.91. The Labute approximate surface area is 146 Å². The Balaban J connectivity index is 1.73. The number of hydrogen-bond acceptors (Lipinski definition) is 5. The van der Waals surface area contributed by atoms with Crippen LogP contribution in [-0.2, 0) is 13.1 Å². The molecule has 2 aromatic heterocycles. The molecule has 3 aromatic rings. The number of aryl methyl sites for hydroxylation is 1. The van der Waals surface area contributed by atoms with Gasteiger partial charge in [-0.2, -0.15) is 0 Å². The number of aliphatic hydroxyl groups excluding tert-OH is 1. The first-order valence-corrected chi connectivity index (χ1v) is 8.84. The predicted octanol–water partition coefficient (Wildman–Crippen LogP) is 3.58. The first-order chi connectivity index (χ1) is 11.7. The maximum atomic E-state index is 10.5. The molecule has 5 heteroatoms. The van der Waals surface area contributed by atoms with Crippen molar-refractivity contribution in [2.45, 2.75) is 26.1 Å². The van der Waals surface area contributed by atoms with Gasteiger partial charge in [-0.25, -0.2) is 0 Å². The number of aliphatic hydroxyl groups is 1. The second-order valence-corrected chi connectivity index (χ2v) is 6.81. The van der Waals surface area contributed by atoms with Crippen molar-refractivity contribution in [3.05, 3.63) is 82.1 Å². The van der Waals surface area contributed by atoms with E-state index in [1.165, 1.54) is 5.56 Å². The lowest BCUT2D eigenvalue weighted by atomic mass is 10.2. The van der Waals surface area contributed by atoms with Gasteiger partial charge in [0.15, 0.2) is 0 Å². The van der Waals surface area contributed by atoms with Gasteiger partial charge >= 0.3 is 0 Å². The molecule has 1 N–H and O–H groups in total. The van der Waals surface area contributed by atoms with Crippen molar-refractivity contribution in [1.82, 2.24) is 14.9 Å². The van der Waals surface area contributed by atoms with Gasteiger partial charge in [-0.05, 0) is 23.9 Å². The maximum Gasteiger partial charge on any atom is 0.101 e. The molecule has 0 radical (unpaired) electrons. The number of thiophene rings is 1. The predicted molar refractivity (Wildman–Crippen MR) is 96.6 cm³/mol. The van der Waals surface area contributed by atoms with Crippen LogP contribution in [0.3, 0.4) is 0 Å². The second kappa shape index (κ2) is 8.15. The highest BCUT2D eigenvalue weighted by Gasteiger charge is 2.16. The SMILES string of the molecule is Cc1cnc(CN(Cc2ccccc2)C[C@H](O)c2cccs2)cn1. The van der Waals surface area contributed by atoms with Gasteiger partial charge in [-0.3, -0.25) is 14.9 Å². The van der Waals surface area contributed by atoms with Crippen LogP contribution in [0.2, 0.25) is 0 Å². The smallest absolute Gasteiger partial charge is 0.101 e. The highest BCUT2D eigenvalue weighted by Crippen LogP contribution is 2.21. The zero-order chi connectivity index (χ0) is 16.8. The highest BCUT2D eigenvalue weighted by molar-refractivity contribution is 7.10. The molecule has 1 aromatic carbocycles. The molecule has 0 aliphatic carbocycles. The van der Waals surface area contributed by atoms with Gasteiger partial charge in [0, 0.05) is 36.9 Å². The zero-order valence-corrected chi connectivity index (χ0v) is 14.5. The normalized spacial score (nSPS) is 12.5. The molecule has 0 saturated heterocycles. The minimum absolute atomic E-state index is 0.493. The number of hydrogen-bond donors (Lipinski definition) is 1. The minimum Gasteiger partial charge on any atom is -0.386 e. The third-order valence-electron chi connectivity index (χ3n) is 3.77. The van der Waals surface area contributed by atoms with Crippen molar-refractivity contribution in [3.63, 3.8) is 0 Å². The minimum atomic E-state index is -0.493. The molecule has 0 spiro atoms. The first-order valence-electron chi connectivity index (χ1n) is 7.96. The molecule has 0 unspecified atom stereocenters. The van der Waals surface area contributed by atoms with Gasteiger partial charge in [-0.1, -0.05) is 36.4 Å². The van der Waals surface area contributed by atoms with E-state index in [4.69, 9.17) is 0 Å². The van der Waals surface area contributed by atoms with Crippen LogP contribution in [0.25, 0.3) is 0 Å². The van der Waals surface area contributed by atoms with E-state index >= 15 is 0 Å². The van der Waals surface area contributed by atoms with Gasteiger partial charge in [0.1, 0.15) is 6.10 Å². The van der Waals surface area contributed by atoms with Crippen molar-refractivity contribution in [2.75, 3.05) is 6.54 Å². The fourth-order valence-electron chi connectivity index (χ4n) is 2.57. The Bertz CT molecular complexity index is 729. The molecule has 0 bridgehead atoms. The molecule has 3 rings (SSSR count). The molecule has 4 nitrogen and oxygen atoms in total. The fourth-order valence-corrected chi connectivity index (χ4v) is 3.28. The number of nitrogens with zero attached hydrogens (tertiary/aromatic N) is 3. The van der Waals surface area contributed by atoms with Crippen LogP contribution in [0.4, 0.5) is 0 Å². The number of aromatic nitrogens is 2. The van der Waals surface area contributed by atoms with Crippen molar-refractivity contribution in [2.24, 2.45) is 0 Å². The van der Waals surface area contributed by atoms with E-state index in [9.17, 15) is 5.11 Å². The molecule has 0 saturated carbocycles. The molecule has 124 valence electrons. The Morgan fingerprint density at radius 3 is 2.54 bits per heavy atom. The summed E-state index contributed by atoms with van der Waals surface area (Å²) in [5.41, 5.74) is 3.04. The molecule has 2 heterocycles. The lowest BCUT2D eigenvalue weighted by molar-refractivity contribution is 0.106. The molecular formula is C19H21N3OS. The van der Waals surface area contributed by atoms with Gasteiger partial charge in [-0.15, -0.1) is 11.3 Å². The maximum absolute atomic E-state index is 10.5. The van der Waals surface area contributed by atoms with Crippen molar-refractivity contribution < 1.29 is 5.11 Å². The van der Waals surface area contributed by atoms with Gasteiger partial charge in [0.05, 0.1) is 11.4 Å². The summed E-state index contributed by atoms with van der Waals surface area (Å²) >= 11 is 1.58. The van der Waals surface area contributed by atoms with Crippen LogP contribution in [-0.4, -0.2) is 26.5 Å². The van der Waals surface area contributed by atoms with Gasteiger partial charge in [0.2, 0.25) is 0 Å². The van der Waals surface area contributed by atoms with Crippen LogP contribution >= 0.6 is 11.3 Å². The van der Waals surface area contributed by atoms with E-state index in [0.717, 1.165) is 22.8 Å². The van der Waals surface area contributed by atoms with Crippen LogP contribution < -0.4 is 0 Å². The van der Waals surface area contributed by atoms with E-state index in [1.54, 1.807) is 17.5 Å². The van der Waals surface area contributed by atoms with Crippen LogP contribution in [0.1, 0.15) is 27.9 Å². The second-order valence-electron chi connectivity index (χ2n) is 5.84. The van der Waals surface area contributed by atoms with Crippen molar-refractivity contribution in [1.29, 1.82) is 0 Å². The Kier molecular flexibility index (Phi) is 5.69. The summed E-state index contributed by atoms with van der Waals surface area (Å²) in [7, 11) is 0. The molecule has 0 aliphatic rings. The van der Waals surface area contributed by atoms with Crippen LogP contribution in [0.5, 0.6) is 0 Å². The van der Waals surface area contributed by atoms with E-state index in [2.05, 4.69) is 27.0 Å².